The molecule has 2 rings (SSSR count). The average molecular weight is 277 g/mol. The predicted molar refractivity (Wildman–Crippen MR) is 54.2 cm³/mol. The van der Waals surface area contributed by atoms with Gasteiger partial charge in [-0.25, -0.2) is 17.6 Å². The highest BCUT2D eigenvalue weighted by molar-refractivity contribution is 6.10. The van der Waals surface area contributed by atoms with Crippen LogP contribution in [0.4, 0.5) is 23.2 Å². The van der Waals surface area contributed by atoms with E-state index in [1.165, 1.54) is 0 Å². The van der Waals surface area contributed by atoms with Crippen molar-refractivity contribution < 1.29 is 32.3 Å². The van der Waals surface area contributed by atoms with E-state index < -0.39 is 46.2 Å². The molecular formula is C11H7F4NO3. The lowest BCUT2D eigenvalue weighted by molar-refractivity contribution is -0.147. The number of hydrogen-bond acceptors (Lipinski definition) is 2. The number of carbonyl (C=O) groups is 2. The Kier molecular flexibility index (Phi) is 2.95. The SMILES string of the molecule is O=C(O)C1(C(=O)Nc2c(F)c(F)cc(F)c2F)CC1. The summed E-state index contributed by atoms with van der Waals surface area (Å²) in [6.07, 6.45) is -0.00952. The second-order valence-electron chi connectivity index (χ2n) is 4.18. The predicted octanol–water partition coefficient (Wildman–Crippen LogP) is 2.05. The molecule has 0 bridgehead atoms. The van der Waals surface area contributed by atoms with Crippen LogP contribution in [0.2, 0.25) is 0 Å². The van der Waals surface area contributed by atoms with Crippen LogP contribution in [-0.4, -0.2) is 17.0 Å². The molecule has 0 heterocycles. The molecule has 0 atom stereocenters. The lowest BCUT2D eigenvalue weighted by Crippen LogP contribution is -2.32. The highest BCUT2D eigenvalue weighted by Gasteiger charge is 2.57. The molecule has 102 valence electrons. The summed E-state index contributed by atoms with van der Waals surface area (Å²) in [4.78, 5) is 22.4. The van der Waals surface area contributed by atoms with E-state index in [0.29, 0.717) is 0 Å². The van der Waals surface area contributed by atoms with Crippen LogP contribution in [0.3, 0.4) is 0 Å². The number of anilines is 1. The molecule has 0 aromatic heterocycles. The van der Waals surface area contributed by atoms with Crippen LogP contribution < -0.4 is 5.32 Å². The van der Waals surface area contributed by atoms with Crippen molar-refractivity contribution in [1.29, 1.82) is 0 Å². The zero-order valence-corrected chi connectivity index (χ0v) is 9.27. The Labute approximate surface area is 104 Å². The summed E-state index contributed by atoms with van der Waals surface area (Å²) in [5.41, 5.74) is -3.10. The fourth-order valence-corrected chi connectivity index (χ4v) is 1.58. The van der Waals surface area contributed by atoms with E-state index >= 15 is 0 Å². The molecule has 0 aliphatic heterocycles. The van der Waals surface area contributed by atoms with Gasteiger partial charge in [0.25, 0.3) is 0 Å². The maximum absolute atomic E-state index is 13.3. The number of rotatable bonds is 3. The Morgan fingerprint density at radius 2 is 1.58 bits per heavy atom. The Morgan fingerprint density at radius 1 is 1.11 bits per heavy atom. The largest absolute Gasteiger partial charge is 0.480 e. The molecule has 1 saturated carbocycles. The number of aliphatic carboxylic acids is 1. The van der Waals surface area contributed by atoms with E-state index in [0.717, 1.165) is 0 Å². The van der Waals surface area contributed by atoms with Crippen molar-refractivity contribution in [1.82, 2.24) is 0 Å². The number of carbonyl (C=O) groups excluding carboxylic acids is 1. The van der Waals surface area contributed by atoms with Gasteiger partial charge in [-0.3, -0.25) is 9.59 Å². The summed E-state index contributed by atoms with van der Waals surface area (Å²) in [6, 6.07) is -0.00951. The molecule has 1 aliphatic rings. The standard InChI is InChI=1S/C11H7F4NO3/c12-4-3-5(13)7(15)8(6(4)14)16-9(17)11(1-2-11)10(18)19/h3H,1-2H2,(H,16,17)(H,18,19). The maximum atomic E-state index is 13.3. The fraction of sp³-hybridized carbons (Fsp3) is 0.273. The van der Waals surface area contributed by atoms with E-state index in [-0.39, 0.29) is 18.9 Å². The quantitative estimate of drug-likeness (QED) is 0.505. The molecule has 19 heavy (non-hydrogen) atoms. The third-order valence-corrected chi connectivity index (χ3v) is 2.94. The molecule has 0 radical (unpaired) electrons. The van der Waals surface area contributed by atoms with Gasteiger partial charge in [0.2, 0.25) is 5.91 Å². The Hall–Kier alpha value is -2.12. The van der Waals surface area contributed by atoms with Gasteiger partial charge in [0.15, 0.2) is 23.3 Å². The first-order chi connectivity index (χ1) is 8.79. The van der Waals surface area contributed by atoms with Crippen molar-refractivity contribution in [2.45, 2.75) is 12.8 Å². The summed E-state index contributed by atoms with van der Waals surface area (Å²) in [6.45, 7) is 0. The summed E-state index contributed by atoms with van der Waals surface area (Å²) >= 11 is 0. The lowest BCUT2D eigenvalue weighted by atomic mass is 10.1. The molecule has 4 nitrogen and oxygen atoms in total. The number of nitrogens with one attached hydrogen (secondary N) is 1. The normalized spacial score (nSPS) is 16.0. The van der Waals surface area contributed by atoms with Gasteiger partial charge in [0.1, 0.15) is 11.1 Å². The Morgan fingerprint density at radius 3 is 1.95 bits per heavy atom. The molecular weight excluding hydrogens is 270 g/mol. The summed E-state index contributed by atoms with van der Waals surface area (Å²) in [7, 11) is 0. The van der Waals surface area contributed by atoms with Crippen LogP contribution in [0.25, 0.3) is 0 Å². The maximum Gasteiger partial charge on any atom is 0.319 e. The van der Waals surface area contributed by atoms with E-state index in [4.69, 9.17) is 5.11 Å². The van der Waals surface area contributed by atoms with Gasteiger partial charge in [-0.15, -0.1) is 0 Å². The van der Waals surface area contributed by atoms with Crippen LogP contribution in [0.15, 0.2) is 6.07 Å². The smallest absolute Gasteiger partial charge is 0.319 e. The van der Waals surface area contributed by atoms with Crippen molar-refractivity contribution in [3.8, 4) is 0 Å². The molecule has 1 aromatic rings. The summed E-state index contributed by atoms with van der Waals surface area (Å²) < 4.78 is 52.3. The van der Waals surface area contributed by atoms with Gasteiger partial charge in [0.05, 0.1) is 0 Å². The minimum atomic E-state index is -1.78. The zero-order valence-electron chi connectivity index (χ0n) is 9.27. The molecule has 0 unspecified atom stereocenters. The average Bonchev–Trinajstić information content (AvgIpc) is 3.13. The molecule has 0 saturated heterocycles. The number of carboxylic acids is 1. The van der Waals surface area contributed by atoms with E-state index in [9.17, 15) is 27.2 Å². The van der Waals surface area contributed by atoms with Gasteiger partial charge < -0.3 is 10.4 Å². The third kappa shape index (κ3) is 2.02. The molecule has 1 amide bonds. The summed E-state index contributed by atoms with van der Waals surface area (Å²) in [5.74, 6) is -9.60. The van der Waals surface area contributed by atoms with Gasteiger partial charge >= 0.3 is 5.97 Å². The van der Waals surface area contributed by atoms with E-state index in [1.807, 2.05) is 0 Å². The van der Waals surface area contributed by atoms with Crippen molar-refractivity contribution in [2.75, 3.05) is 5.32 Å². The van der Waals surface area contributed by atoms with E-state index in [1.54, 1.807) is 5.32 Å². The van der Waals surface area contributed by atoms with Crippen molar-refractivity contribution in [3.05, 3.63) is 29.3 Å². The number of amides is 1. The third-order valence-electron chi connectivity index (χ3n) is 2.94. The molecule has 8 heteroatoms. The minimum Gasteiger partial charge on any atom is -0.480 e. The van der Waals surface area contributed by atoms with Crippen molar-refractivity contribution in [2.24, 2.45) is 5.41 Å². The molecule has 2 N–H and O–H groups in total. The molecule has 0 spiro atoms. The summed E-state index contributed by atoms with van der Waals surface area (Å²) in [5, 5.41) is 10.4. The first-order valence-corrected chi connectivity index (χ1v) is 5.17. The van der Waals surface area contributed by atoms with Crippen LogP contribution in [0, 0.1) is 28.7 Å². The van der Waals surface area contributed by atoms with Crippen LogP contribution >= 0.6 is 0 Å². The second-order valence-corrected chi connectivity index (χ2v) is 4.18. The van der Waals surface area contributed by atoms with Gasteiger partial charge in [-0.2, -0.15) is 0 Å². The van der Waals surface area contributed by atoms with Crippen LogP contribution in [-0.2, 0) is 9.59 Å². The first-order valence-electron chi connectivity index (χ1n) is 5.17. The number of benzene rings is 1. The monoisotopic (exact) mass is 277 g/mol. The topological polar surface area (TPSA) is 66.4 Å². The Bertz CT molecular complexity index is 558. The highest BCUT2D eigenvalue weighted by atomic mass is 19.2. The van der Waals surface area contributed by atoms with Crippen LogP contribution in [0.5, 0.6) is 0 Å². The van der Waals surface area contributed by atoms with Gasteiger partial charge in [-0.1, -0.05) is 0 Å². The zero-order chi connectivity index (χ0) is 14.4. The van der Waals surface area contributed by atoms with Crippen LogP contribution in [0.1, 0.15) is 12.8 Å². The van der Waals surface area contributed by atoms with Crippen molar-refractivity contribution >= 4 is 17.6 Å². The second kappa shape index (κ2) is 4.22. The van der Waals surface area contributed by atoms with Gasteiger partial charge in [-0.05, 0) is 12.8 Å². The Balaban J connectivity index is 2.35. The van der Waals surface area contributed by atoms with E-state index in [2.05, 4.69) is 0 Å². The molecule has 1 aromatic carbocycles. The fourth-order valence-electron chi connectivity index (χ4n) is 1.58. The lowest BCUT2D eigenvalue weighted by Gasteiger charge is -2.12. The number of halogens is 4. The molecule has 1 fully saturated rings. The number of hydrogen-bond donors (Lipinski definition) is 2. The highest BCUT2D eigenvalue weighted by Crippen LogP contribution is 2.47. The first kappa shape index (κ1) is 13.3. The number of carboxylic acid groups (broad SMARTS) is 1. The molecule has 1 aliphatic carbocycles. The van der Waals surface area contributed by atoms with Crippen molar-refractivity contribution in [3.63, 3.8) is 0 Å². The van der Waals surface area contributed by atoms with Gasteiger partial charge in [0, 0.05) is 6.07 Å². The minimum absolute atomic E-state index is 0.00476.